The average Bonchev–Trinajstić information content (AvgIpc) is 2.32. The highest BCUT2D eigenvalue weighted by molar-refractivity contribution is 7.98. The van der Waals surface area contributed by atoms with Crippen molar-refractivity contribution in [3.8, 4) is 0 Å². The maximum Gasteiger partial charge on any atom is 0.242 e. The third kappa shape index (κ3) is 4.92. The molecule has 1 atom stereocenters. The van der Waals surface area contributed by atoms with Gasteiger partial charge in [-0.1, -0.05) is 11.6 Å². The monoisotopic (exact) mass is 324 g/mol. The maximum absolute atomic E-state index is 12.2. The molecule has 0 aliphatic carbocycles. The fraction of sp³-hybridized carbons (Fsp3) is 0.545. The van der Waals surface area contributed by atoms with Crippen LogP contribution in [0, 0.1) is 6.92 Å². The summed E-state index contributed by atoms with van der Waals surface area (Å²) in [5, 5.41) is 9.22. The van der Waals surface area contributed by atoms with Crippen molar-refractivity contribution in [3.63, 3.8) is 0 Å². The zero-order valence-electron chi connectivity index (χ0n) is 10.8. The number of pyridine rings is 1. The lowest BCUT2D eigenvalue weighted by Gasteiger charge is -2.16. The first-order valence-electron chi connectivity index (χ1n) is 5.65. The Labute approximate surface area is 122 Å². The number of thioether (sulfide) groups is 1. The van der Waals surface area contributed by atoms with Crippen LogP contribution in [0.15, 0.2) is 17.2 Å². The molecule has 1 unspecified atom stereocenters. The first-order valence-corrected chi connectivity index (χ1v) is 8.90. The number of hydrogen-bond donors (Lipinski definition) is 2. The molecular weight excluding hydrogens is 308 g/mol. The number of halogens is 1. The molecule has 1 aromatic rings. The van der Waals surface area contributed by atoms with Gasteiger partial charge in [0.2, 0.25) is 10.0 Å². The molecule has 1 aromatic heterocycles. The molecule has 108 valence electrons. The van der Waals surface area contributed by atoms with Gasteiger partial charge in [0, 0.05) is 24.6 Å². The van der Waals surface area contributed by atoms with E-state index >= 15 is 0 Å². The topological polar surface area (TPSA) is 79.3 Å². The molecule has 0 amide bonds. The van der Waals surface area contributed by atoms with Crippen LogP contribution in [-0.2, 0) is 10.0 Å². The Kier molecular flexibility index (Phi) is 6.55. The minimum absolute atomic E-state index is 0.0638. The van der Waals surface area contributed by atoms with Gasteiger partial charge >= 0.3 is 0 Å². The Morgan fingerprint density at radius 1 is 1.58 bits per heavy atom. The van der Waals surface area contributed by atoms with Gasteiger partial charge in [-0.15, -0.1) is 0 Å². The summed E-state index contributed by atoms with van der Waals surface area (Å²) in [4.78, 5) is 3.92. The fourth-order valence-electron chi connectivity index (χ4n) is 1.50. The van der Waals surface area contributed by atoms with Crippen LogP contribution in [0.25, 0.3) is 0 Å². The van der Waals surface area contributed by atoms with Gasteiger partial charge in [-0.25, -0.2) is 18.1 Å². The predicted molar refractivity (Wildman–Crippen MR) is 78.2 cm³/mol. The third-order valence-electron chi connectivity index (χ3n) is 2.47. The molecule has 0 aliphatic rings. The number of nitrogens with zero attached hydrogens (tertiary/aromatic N) is 1. The van der Waals surface area contributed by atoms with E-state index in [2.05, 4.69) is 9.71 Å². The molecule has 5 nitrogen and oxygen atoms in total. The van der Waals surface area contributed by atoms with Crippen LogP contribution >= 0.6 is 23.4 Å². The number of aliphatic hydroxyl groups excluding tert-OH is 1. The lowest BCUT2D eigenvalue weighted by atomic mass is 10.3. The van der Waals surface area contributed by atoms with E-state index in [9.17, 15) is 8.42 Å². The van der Waals surface area contributed by atoms with Gasteiger partial charge in [-0.3, -0.25) is 0 Å². The first-order chi connectivity index (χ1) is 8.90. The van der Waals surface area contributed by atoms with Gasteiger partial charge < -0.3 is 5.11 Å². The number of aromatic nitrogens is 1. The molecule has 0 fully saturated rings. The van der Waals surface area contributed by atoms with Crippen LogP contribution in [-0.4, -0.2) is 43.2 Å². The quantitative estimate of drug-likeness (QED) is 0.742. The number of aryl methyl sites for hydroxylation is 1. The summed E-state index contributed by atoms with van der Waals surface area (Å²) in [5.74, 6) is 0.597. The van der Waals surface area contributed by atoms with Crippen LogP contribution in [0.5, 0.6) is 0 Å². The largest absolute Gasteiger partial charge is 0.396 e. The van der Waals surface area contributed by atoms with Gasteiger partial charge in [0.15, 0.2) is 0 Å². The molecule has 19 heavy (non-hydrogen) atoms. The Morgan fingerprint density at radius 2 is 2.26 bits per heavy atom. The van der Waals surface area contributed by atoms with Crippen molar-refractivity contribution in [1.29, 1.82) is 0 Å². The van der Waals surface area contributed by atoms with Crippen molar-refractivity contribution >= 4 is 33.4 Å². The number of hydrogen-bond acceptors (Lipinski definition) is 5. The molecule has 0 radical (unpaired) electrons. The van der Waals surface area contributed by atoms with E-state index < -0.39 is 10.0 Å². The maximum atomic E-state index is 12.2. The molecule has 0 aromatic carbocycles. The van der Waals surface area contributed by atoms with Gasteiger partial charge in [-0.05, 0) is 31.2 Å². The van der Waals surface area contributed by atoms with Gasteiger partial charge in [0.25, 0.3) is 0 Å². The summed E-state index contributed by atoms with van der Waals surface area (Å²) in [6.45, 7) is 1.63. The molecule has 0 aliphatic heterocycles. The van der Waals surface area contributed by atoms with Crippen LogP contribution in [0.3, 0.4) is 0 Å². The van der Waals surface area contributed by atoms with Crippen molar-refractivity contribution in [2.75, 3.05) is 18.6 Å². The number of sulfonamides is 1. The van der Waals surface area contributed by atoms with Crippen molar-refractivity contribution in [3.05, 3.63) is 23.0 Å². The van der Waals surface area contributed by atoms with Crippen LogP contribution in [0.4, 0.5) is 0 Å². The summed E-state index contributed by atoms with van der Waals surface area (Å²) < 4.78 is 26.9. The van der Waals surface area contributed by atoms with Crippen LogP contribution < -0.4 is 4.72 Å². The summed E-state index contributed by atoms with van der Waals surface area (Å²) in [6.07, 6.45) is 3.49. The van der Waals surface area contributed by atoms with Crippen LogP contribution in [0.1, 0.15) is 12.0 Å². The Hall–Kier alpha value is -0.340. The normalized spacial score (nSPS) is 13.5. The highest BCUT2D eigenvalue weighted by Gasteiger charge is 2.20. The van der Waals surface area contributed by atoms with E-state index in [4.69, 9.17) is 16.7 Å². The summed E-state index contributed by atoms with van der Waals surface area (Å²) in [7, 11) is -3.64. The number of rotatable bonds is 7. The second kappa shape index (κ2) is 7.44. The standard InChI is InChI=1S/C11H17ClN2O3S2/c1-8-5-10(6-13-11(8)12)19(16,17)14-9(3-4-15)7-18-2/h5-6,9,14-15H,3-4,7H2,1-2H3. The van der Waals surface area contributed by atoms with E-state index in [1.54, 1.807) is 6.92 Å². The first kappa shape index (κ1) is 16.7. The lowest BCUT2D eigenvalue weighted by molar-refractivity contribution is 0.276. The Balaban J connectivity index is 2.92. The molecule has 0 bridgehead atoms. The van der Waals surface area contributed by atoms with Gasteiger partial charge in [0.1, 0.15) is 10.0 Å². The minimum atomic E-state index is -3.64. The molecule has 1 heterocycles. The molecule has 8 heteroatoms. The third-order valence-corrected chi connectivity index (χ3v) is 5.09. The van der Waals surface area contributed by atoms with E-state index in [0.717, 1.165) is 0 Å². The van der Waals surface area contributed by atoms with Gasteiger partial charge in [-0.2, -0.15) is 11.8 Å². The average molecular weight is 325 g/mol. The summed E-state index contributed by atoms with van der Waals surface area (Å²) in [6, 6.07) is 1.17. The van der Waals surface area contributed by atoms with E-state index in [1.807, 2.05) is 6.26 Å². The number of nitrogens with one attached hydrogen (secondary N) is 1. The lowest BCUT2D eigenvalue weighted by Crippen LogP contribution is -2.37. The molecule has 0 spiro atoms. The van der Waals surface area contributed by atoms with E-state index in [1.165, 1.54) is 24.0 Å². The Morgan fingerprint density at radius 3 is 2.79 bits per heavy atom. The molecule has 1 rings (SSSR count). The van der Waals surface area contributed by atoms with E-state index in [0.29, 0.717) is 17.7 Å². The minimum Gasteiger partial charge on any atom is -0.396 e. The van der Waals surface area contributed by atoms with Crippen molar-refractivity contribution < 1.29 is 13.5 Å². The molecule has 2 N–H and O–H groups in total. The molecular formula is C11H17ClN2O3S2. The van der Waals surface area contributed by atoms with Gasteiger partial charge in [0.05, 0.1) is 0 Å². The zero-order valence-corrected chi connectivity index (χ0v) is 13.1. The molecule has 0 saturated carbocycles. The summed E-state index contributed by atoms with van der Waals surface area (Å²) in [5.41, 5.74) is 0.605. The highest BCUT2D eigenvalue weighted by Crippen LogP contribution is 2.17. The van der Waals surface area contributed by atoms with Crippen molar-refractivity contribution in [2.45, 2.75) is 24.3 Å². The second-order valence-electron chi connectivity index (χ2n) is 4.06. The fourth-order valence-corrected chi connectivity index (χ4v) is 3.66. The highest BCUT2D eigenvalue weighted by atomic mass is 35.5. The molecule has 0 saturated heterocycles. The van der Waals surface area contributed by atoms with Crippen molar-refractivity contribution in [1.82, 2.24) is 9.71 Å². The van der Waals surface area contributed by atoms with E-state index in [-0.39, 0.29) is 22.7 Å². The SMILES string of the molecule is CSCC(CCO)NS(=O)(=O)c1cnc(Cl)c(C)c1. The predicted octanol–water partition coefficient (Wildman–Crippen LogP) is 1.44. The Bertz CT molecular complexity index is 517. The van der Waals surface area contributed by atoms with Crippen molar-refractivity contribution in [2.24, 2.45) is 0 Å². The smallest absolute Gasteiger partial charge is 0.242 e. The van der Waals surface area contributed by atoms with Crippen LogP contribution in [0.2, 0.25) is 5.15 Å². The zero-order chi connectivity index (χ0) is 14.5. The summed E-state index contributed by atoms with van der Waals surface area (Å²) >= 11 is 7.29. The number of aliphatic hydroxyl groups is 1. The second-order valence-corrected chi connectivity index (χ2v) is 7.05.